The molecule has 26 heavy (non-hydrogen) atoms. The van der Waals surface area contributed by atoms with E-state index in [1.165, 1.54) is 17.3 Å². The zero-order chi connectivity index (χ0) is 18.5. The summed E-state index contributed by atoms with van der Waals surface area (Å²) in [7, 11) is 1.80. The Morgan fingerprint density at radius 3 is 2.69 bits per heavy atom. The number of thioether (sulfide) groups is 1. The maximum atomic E-state index is 12.3. The second kappa shape index (κ2) is 8.46. The number of rotatable bonds is 7. The maximum absolute atomic E-state index is 12.3. The SMILES string of the molecule is Cc1ccc(CN(C)C(=O)CSc2nnc(Cc3csc(C)n3)o2)cc1. The number of hydrogen-bond donors (Lipinski definition) is 0. The van der Waals surface area contributed by atoms with Crippen LogP contribution < -0.4 is 0 Å². The molecule has 0 N–H and O–H groups in total. The molecule has 1 aromatic carbocycles. The Morgan fingerprint density at radius 2 is 2.00 bits per heavy atom. The van der Waals surface area contributed by atoms with Gasteiger partial charge in [0, 0.05) is 19.0 Å². The number of amides is 1. The highest BCUT2D eigenvalue weighted by Gasteiger charge is 2.14. The molecule has 0 bridgehead atoms. The van der Waals surface area contributed by atoms with Crippen LogP contribution in [0.4, 0.5) is 0 Å². The first kappa shape index (κ1) is 18.6. The quantitative estimate of drug-likeness (QED) is 0.577. The lowest BCUT2D eigenvalue weighted by atomic mass is 10.1. The van der Waals surface area contributed by atoms with Crippen LogP contribution in [0.1, 0.15) is 27.7 Å². The zero-order valence-corrected chi connectivity index (χ0v) is 16.6. The Hall–Kier alpha value is -2.19. The third-order valence-corrected chi connectivity index (χ3v) is 5.36. The fourth-order valence-electron chi connectivity index (χ4n) is 2.30. The monoisotopic (exact) mass is 388 g/mol. The minimum Gasteiger partial charge on any atom is -0.416 e. The average molecular weight is 389 g/mol. The summed E-state index contributed by atoms with van der Waals surface area (Å²) in [5.41, 5.74) is 3.23. The van der Waals surface area contributed by atoms with Crippen LogP contribution in [0.15, 0.2) is 39.3 Å². The summed E-state index contributed by atoms with van der Waals surface area (Å²) in [6, 6.07) is 8.17. The molecule has 0 aliphatic rings. The van der Waals surface area contributed by atoms with Gasteiger partial charge in [0.25, 0.3) is 5.22 Å². The Labute approximate surface area is 160 Å². The molecule has 0 unspecified atom stereocenters. The molecule has 0 spiro atoms. The summed E-state index contributed by atoms with van der Waals surface area (Å²) in [5, 5.41) is 11.4. The Kier molecular flexibility index (Phi) is 6.05. The van der Waals surface area contributed by atoms with E-state index < -0.39 is 0 Å². The topological polar surface area (TPSA) is 72.1 Å². The van der Waals surface area contributed by atoms with Crippen LogP contribution in [0.3, 0.4) is 0 Å². The largest absolute Gasteiger partial charge is 0.416 e. The summed E-state index contributed by atoms with van der Waals surface area (Å²) in [6.45, 7) is 4.59. The van der Waals surface area contributed by atoms with Crippen LogP contribution in [0.25, 0.3) is 0 Å². The molecule has 2 heterocycles. The summed E-state index contributed by atoms with van der Waals surface area (Å²) in [5.74, 6) is 0.795. The van der Waals surface area contributed by atoms with Gasteiger partial charge in [-0.25, -0.2) is 4.98 Å². The van der Waals surface area contributed by atoms with Crippen molar-refractivity contribution < 1.29 is 9.21 Å². The molecule has 0 saturated carbocycles. The molecular formula is C18H20N4O2S2. The van der Waals surface area contributed by atoms with Gasteiger partial charge >= 0.3 is 0 Å². The van der Waals surface area contributed by atoms with Crippen molar-refractivity contribution in [3.63, 3.8) is 0 Å². The fourth-order valence-corrected chi connectivity index (χ4v) is 3.64. The third kappa shape index (κ3) is 5.15. The maximum Gasteiger partial charge on any atom is 0.277 e. The average Bonchev–Trinajstić information content (AvgIpc) is 3.24. The lowest BCUT2D eigenvalue weighted by Gasteiger charge is -2.16. The van der Waals surface area contributed by atoms with E-state index in [0.29, 0.717) is 24.1 Å². The molecule has 136 valence electrons. The van der Waals surface area contributed by atoms with Gasteiger partial charge in [-0.2, -0.15) is 0 Å². The second-order valence-electron chi connectivity index (χ2n) is 6.02. The number of carbonyl (C=O) groups is 1. The van der Waals surface area contributed by atoms with Gasteiger partial charge in [0.05, 0.1) is 22.9 Å². The van der Waals surface area contributed by atoms with Crippen LogP contribution >= 0.6 is 23.1 Å². The molecule has 3 aromatic rings. The summed E-state index contributed by atoms with van der Waals surface area (Å²) in [6.07, 6.45) is 0.513. The molecule has 0 aliphatic heterocycles. The summed E-state index contributed by atoms with van der Waals surface area (Å²) >= 11 is 2.85. The summed E-state index contributed by atoms with van der Waals surface area (Å²) < 4.78 is 5.59. The van der Waals surface area contributed by atoms with E-state index >= 15 is 0 Å². The van der Waals surface area contributed by atoms with Crippen molar-refractivity contribution in [1.82, 2.24) is 20.1 Å². The van der Waals surface area contributed by atoms with E-state index in [2.05, 4.69) is 15.2 Å². The molecule has 0 saturated heterocycles. The molecule has 0 atom stereocenters. The minimum atomic E-state index is 0.0189. The van der Waals surface area contributed by atoms with Gasteiger partial charge in [0.15, 0.2) is 0 Å². The van der Waals surface area contributed by atoms with E-state index in [0.717, 1.165) is 16.3 Å². The van der Waals surface area contributed by atoms with Gasteiger partial charge in [-0.05, 0) is 19.4 Å². The molecule has 3 rings (SSSR count). The third-order valence-electron chi connectivity index (χ3n) is 3.73. The standard InChI is InChI=1S/C18H20N4O2S2/c1-12-4-6-14(7-5-12)9-22(3)17(23)11-26-18-21-20-16(24-18)8-15-10-25-13(2)19-15/h4-7,10H,8-9,11H2,1-3H3. The van der Waals surface area contributed by atoms with Gasteiger partial charge in [-0.15, -0.1) is 21.5 Å². The predicted molar refractivity (Wildman–Crippen MR) is 102 cm³/mol. The number of aryl methyl sites for hydroxylation is 2. The number of hydrogen-bond acceptors (Lipinski definition) is 7. The van der Waals surface area contributed by atoms with E-state index in [-0.39, 0.29) is 11.7 Å². The van der Waals surface area contributed by atoms with E-state index in [9.17, 15) is 4.79 Å². The van der Waals surface area contributed by atoms with Crippen LogP contribution in [0.5, 0.6) is 0 Å². The first-order valence-electron chi connectivity index (χ1n) is 8.15. The van der Waals surface area contributed by atoms with Gasteiger partial charge < -0.3 is 9.32 Å². The van der Waals surface area contributed by atoms with Crippen molar-refractivity contribution in [2.45, 2.75) is 32.0 Å². The summed E-state index contributed by atoms with van der Waals surface area (Å²) in [4.78, 5) is 18.4. The van der Waals surface area contributed by atoms with Crippen LogP contribution in [-0.4, -0.2) is 38.8 Å². The van der Waals surface area contributed by atoms with E-state index in [4.69, 9.17) is 4.42 Å². The van der Waals surface area contributed by atoms with Crippen LogP contribution in [0.2, 0.25) is 0 Å². The fraction of sp³-hybridized carbons (Fsp3) is 0.333. The van der Waals surface area contributed by atoms with Gasteiger partial charge in [0.1, 0.15) is 0 Å². The number of aromatic nitrogens is 3. The number of carbonyl (C=O) groups excluding carboxylic acids is 1. The molecule has 2 aromatic heterocycles. The Morgan fingerprint density at radius 1 is 1.23 bits per heavy atom. The first-order valence-corrected chi connectivity index (χ1v) is 10.0. The molecule has 8 heteroatoms. The normalized spacial score (nSPS) is 10.9. The van der Waals surface area contributed by atoms with E-state index in [1.54, 1.807) is 23.3 Å². The van der Waals surface area contributed by atoms with Gasteiger partial charge in [0.2, 0.25) is 11.8 Å². The molecular weight excluding hydrogens is 368 g/mol. The Balaban J connectivity index is 1.48. The minimum absolute atomic E-state index is 0.0189. The highest BCUT2D eigenvalue weighted by Crippen LogP contribution is 2.19. The molecule has 0 aliphatic carbocycles. The lowest BCUT2D eigenvalue weighted by Crippen LogP contribution is -2.27. The first-order chi connectivity index (χ1) is 12.5. The second-order valence-corrected chi connectivity index (χ2v) is 8.01. The van der Waals surface area contributed by atoms with Crippen LogP contribution in [0, 0.1) is 13.8 Å². The highest BCUT2D eigenvalue weighted by molar-refractivity contribution is 7.99. The van der Waals surface area contributed by atoms with Crippen LogP contribution in [-0.2, 0) is 17.8 Å². The van der Waals surface area contributed by atoms with Crippen molar-refractivity contribution >= 4 is 29.0 Å². The molecule has 0 radical (unpaired) electrons. The Bertz CT molecular complexity index is 873. The molecule has 1 amide bonds. The number of benzene rings is 1. The van der Waals surface area contributed by atoms with Crippen molar-refractivity contribution in [1.29, 1.82) is 0 Å². The molecule has 0 fully saturated rings. The van der Waals surface area contributed by atoms with Crippen molar-refractivity contribution in [2.24, 2.45) is 0 Å². The predicted octanol–water partition coefficient (Wildman–Crippen LogP) is 3.48. The number of nitrogens with zero attached hydrogens (tertiary/aromatic N) is 4. The van der Waals surface area contributed by atoms with Crippen molar-refractivity contribution in [2.75, 3.05) is 12.8 Å². The van der Waals surface area contributed by atoms with Gasteiger partial charge in [-0.3, -0.25) is 4.79 Å². The zero-order valence-electron chi connectivity index (χ0n) is 14.9. The van der Waals surface area contributed by atoms with E-state index in [1.807, 2.05) is 43.5 Å². The number of thiazole rings is 1. The van der Waals surface area contributed by atoms with Crippen molar-refractivity contribution in [3.8, 4) is 0 Å². The lowest BCUT2D eigenvalue weighted by molar-refractivity contribution is -0.127. The highest BCUT2D eigenvalue weighted by atomic mass is 32.2. The molecule has 6 nitrogen and oxygen atoms in total. The smallest absolute Gasteiger partial charge is 0.277 e. The van der Waals surface area contributed by atoms with Crippen molar-refractivity contribution in [3.05, 3.63) is 57.4 Å². The van der Waals surface area contributed by atoms with Gasteiger partial charge in [-0.1, -0.05) is 41.6 Å².